The maximum atomic E-state index is 12.6. The Balaban J connectivity index is 2.37. The fourth-order valence-electron chi connectivity index (χ4n) is 1.90. The summed E-state index contributed by atoms with van der Waals surface area (Å²) in [6.45, 7) is 0. The average molecular weight is 342 g/mol. The molecule has 0 fully saturated rings. The maximum Gasteiger partial charge on any atom is 0.264 e. The number of benzene rings is 2. The normalized spacial score (nSPS) is 11.1. The highest BCUT2D eigenvalue weighted by Gasteiger charge is 2.22. The summed E-state index contributed by atoms with van der Waals surface area (Å²) in [5.41, 5.74) is 0.446. The number of nitrogens with zero attached hydrogens (tertiary/aromatic N) is 1. The first-order valence-corrected chi connectivity index (χ1v) is 8.18. The van der Waals surface area contributed by atoms with Crippen molar-refractivity contribution < 1.29 is 17.9 Å². The molecule has 0 heterocycles. The number of halogens is 1. The lowest BCUT2D eigenvalue weighted by Gasteiger charge is -2.20. The predicted molar refractivity (Wildman–Crippen MR) is 86.6 cm³/mol. The van der Waals surface area contributed by atoms with Crippen LogP contribution in [-0.2, 0) is 10.0 Å². The molecular formula is C15H16ClNO4S. The Labute approximate surface area is 135 Å². The van der Waals surface area contributed by atoms with E-state index in [0.29, 0.717) is 22.2 Å². The minimum atomic E-state index is -3.68. The predicted octanol–water partition coefficient (Wildman–Crippen LogP) is 3.18. The quantitative estimate of drug-likeness (QED) is 0.838. The Hall–Kier alpha value is -1.92. The third kappa shape index (κ3) is 3.13. The Morgan fingerprint density at radius 3 is 2.14 bits per heavy atom. The van der Waals surface area contributed by atoms with Gasteiger partial charge in [-0.05, 0) is 42.5 Å². The second kappa shape index (κ2) is 6.46. The summed E-state index contributed by atoms with van der Waals surface area (Å²) < 4.78 is 36.5. The van der Waals surface area contributed by atoms with Crippen LogP contribution in [0.3, 0.4) is 0 Å². The number of anilines is 1. The second-order valence-electron chi connectivity index (χ2n) is 4.47. The van der Waals surface area contributed by atoms with Crippen molar-refractivity contribution in [3.63, 3.8) is 0 Å². The molecule has 0 aliphatic rings. The largest absolute Gasteiger partial charge is 0.497 e. The van der Waals surface area contributed by atoms with Gasteiger partial charge >= 0.3 is 0 Å². The van der Waals surface area contributed by atoms with Crippen LogP contribution in [0.5, 0.6) is 11.5 Å². The van der Waals surface area contributed by atoms with Gasteiger partial charge in [-0.2, -0.15) is 0 Å². The molecule has 0 aromatic heterocycles. The highest BCUT2D eigenvalue weighted by molar-refractivity contribution is 7.92. The summed E-state index contributed by atoms with van der Waals surface area (Å²) in [4.78, 5) is 0.169. The van der Waals surface area contributed by atoms with Crippen LogP contribution in [-0.4, -0.2) is 29.7 Å². The van der Waals surface area contributed by atoms with Crippen molar-refractivity contribution in [1.29, 1.82) is 0 Å². The lowest BCUT2D eigenvalue weighted by atomic mass is 10.3. The van der Waals surface area contributed by atoms with Crippen molar-refractivity contribution in [2.45, 2.75) is 4.90 Å². The van der Waals surface area contributed by atoms with Crippen molar-refractivity contribution in [3.05, 3.63) is 47.5 Å². The van der Waals surface area contributed by atoms with Gasteiger partial charge in [0.2, 0.25) is 0 Å². The number of ether oxygens (including phenoxy) is 2. The highest BCUT2D eigenvalue weighted by atomic mass is 35.5. The zero-order valence-electron chi connectivity index (χ0n) is 12.4. The molecular weight excluding hydrogens is 326 g/mol. The van der Waals surface area contributed by atoms with E-state index in [1.165, 1.54) is 37.7 Å². The molecule has 2 aromatic rings. The number of sulfonamides is 1. The van der Waals surface area contributed by atoms with Crippen molar-refractivity contribution in [2.24, 2.45) is 0 Å². The molecule has 118 valence electrons. The van der Waals surface area contributed by atoms with E-state index in [9.17, 15) is 8.42 Å². The van der Waals surface area contributed by atoms with Gasteiger partial charge in [-0.25, -0.2) is 8.42 Å². The number of hydrogen-bond acceptors (Lipinski definition) is 4. The molecule has 0 bridgehead atoms. The molecule has 2 rings (SSSR count). The lowest BCUT2D eigenvalue weighted by molar-refractivity contribution is 0.414. The second-order valence-corrected chi connectivity index (χ2v) is 6.84. The number of hydrogen-bond donors (Lipinski definition) is 0. The van der Waals surface area contributed by atoms with Gasteiger partial charge < -0.3 is 9.47 Å². The molecule has 5 nitrogen and oxygen atoms in total. The monoisotopic (exact) mass is 341 g/mol. The smallest absolute Gasteiger partial charge is 0.264 e. The first kappa shape index (κ1) is 16.5. The summed E-state index contributed by atoms with van der Waals surface area (Å²) in [5.74, 6) is 1.08. The van der Waals surface area contributed by atoms with E-state index in [2.05, 4.69) is 0 Å². The van der Waals surface area contributed by atoms with Gasteiger partial charge in [0.1, 0.15) is 11.5 Å². The average Bonchev–Trinajstić information content (AvgIpc) is 2.54. The molecule has 0 unspecified atom stereocenters. The van der Waals surface area contributed by atoms with Gasteiger partial charge in [0, 0.05) is 7.05 Å². The Morgan fingerprint density at radius 2 is 1.64 bits per heavy atom. The van der Waals surface area contributed by atoms with Crippen LogP contribution < -0.4 is 13.8 Å². The topological polar surface area (TPSA) is 55.8 Å². The minimum absolute atomic E-state index is 0.169. The van der Waals surface area contributed by atoms with Crippen LogP contribution >= 0.6 is 11.6 Å². The van der Waals surface area contributed by atoms with Gasteiger partial charge in [-0.15, -0.1) is 0 Å². The maximum absolute atomic E-state index is 12.6. The molecule has 0 N–H and O–H groups in total. The molecule has 0 spiro atoms. The standard InChI is InChI=1S/C15H16ClNO4S/c1-17(11-4-9-15(21-3)14(16)10-11)22(18,19)13-7-5-12(20-2)6-8-13/h4-10H,1-3H3. The molecule has 0 radical (unpaired) electrons. The molecule has 7 heteroatoms. The van der Waals surface area contributed by atoms with Crippen LogP contribution in [0.1, 0.15) is 0 Å². The molecule has 0 atom stereocenters. The third-order valence-corrected chi connectivity index (χ3v) is 5.31. The molecule has 0 amide bonds. The molecule has 22 heavy (non-hydrogen) atoms. The molecule has 0 aliphatic heterocycles. The first-order valence-electron chi connectivity index (χ1n) is 6.36. The third-order valence-electron chi connectivity index (χ3n) is 3.22. The molecule has 0 aliphatic carbocycles. The molecule has 0 saturated carbocycles. The summed E-state index contributed by atoms with van der Waals surface area (Å²) in [7, 11) is 0.816. The zero-order valence-corrected chi connectivity index (χ0v) is 14.0. The molecule has 2 aromatic carbocycles. The SMILES string of the molecule is COc1ccc(S(=O)(=O)N(C)c2ccc(OC)c(Cl)c2)cc1. The number of methoxy groups -OCH3 is 2. The zero-order chi connectivity index (χ0) is 16.3. The van der Waals surface area contributed by atoms with E-state index in [1.54, 1.807) is 30.3 Å². The highest BCUT2D eigenvalue weighted by Crippen LogP contribution is 2.31. The number of rotatable bonds is 5. The van der Waals surface area contributed by atoms with Crippen molar-refractivity contribution in [3.8, 4) is 11.5 Å². The minimum Gasteiger partial charge on any atom is -0.497 e. The van der Waals surface area contributed by atoms with E-state index in [-0.39, 0.29) is 4.90 Å². The summed E-state index contributed by atoms with van der Waals surface area (Å²) in [5, 5.41) is 0.344. The van der Waals surface area contributed by atoms with Gasteiger partial charge in [-0.1, -0.05) is 11.6 Å². The van der Waals surface area contributed by atoms with Crippen molar-refractivity contribution in [1.82, 2.24) is 0 Å². The van der Waals surface area contributed by atoms with E-state index >= 15 is 0 Å². The molecule has 0 saturated heterocycles. The van der Waals surface area contributed by atoms with Gasteiger partial charge in [0.25, 0.3) is 10.0 Å². The fraction of sp³-hybridized carbons (Fsp3) is 0.200. The lowest BCUT2D eigenvalue weighted by Crippen LogP contribution is -2.26. The Kier molecular flexibility index (Phi) is 4.83. The van der Waals surface area contributed by atoms with Crippen LogP contribution in [0.2, 0.25) is 5.02 Å². The summed E-state index contributed by atoms with van der Waals surface area (Å²) in [6, 6.07) is 11.0. The fourth-order valence-corrected chi connectivity index (χ4v) is 3.34. The van der Waals surface area contributed by atoms with Crippen LogP contribution in [0.15, 0.2) is 47.4 Å². The first-order chi connectivity index (χ1) is 10.4. The summed E-state index contributed by atoms with van der Waals surface area (Å²) in [6.07, 6.45) is 0. The Morgan fingerprint density at radius 1 is 1.00 bits per heavy atom. The van der Waals surface area contributed by atoms with Gasteiger partial charge in [-0.3, -0.25) is 4.31 Å². The summed E-state index contributed by atoms with van der Waals surface area (Å²) >= 11 is 6.05. The van der Waals surface area contributed by atoms with Crippen molar-refractivity contribution >= 4 is 27.3 Å². The van der Waals surface area contributed by atoms with Crippen LogP contribution in [0, 0.1) is 0 Å². The van der Waals surface area contributed by atoms with Gasteiger partial charge in [0.15, 0.2) is 0 Å². The van der Waals surface area contributed by atoms with E-state index in [1.807, 2.05) is 0 Å². The van der Waals surface area contributed by atoms with E-state index in [0.717, 1.165) is 0 Å². The van der Waals surface area contributed by atoms with Gasteiger partial charge in [0.05, 0.1) is 29.8 Å². The van der Waals surface area contributed by atoms with E-state index < -0.39 is 10.0 Å². The van der Waals surface area contributed by atoms with E-state index in [4.69, 9.17) is 21.1 Å². The van der Waals surface area contributed by atoms with Crippen LogP contribution in [0.4, 0.5) is 5.69 Å². The van der Waals surface area contributed by atoms with Crippen LogP contribution in [0.25, 0.3) is 0 Å². The Bertz CT molecular complexity index is 760. The van der Waals surface area contributed by atoms with Crippen molar-refractivity contribution in [2.75, 3.05) is 25.6 Å².